The molecule has 0 N–H and O–H groups in total. The second kappa shape index (κ2) is 8.57. The maximum absolute atomic E-state index is 11.8. The third-order valence-electron chi connectivity index (χ3n) is 3.88. The molecule has 2 rings (SSSR count). The maximum Gasteiger partial charge on any atom is 0.293 e. The first-order chi connectivity index (χ1) is 11.2. The van der Waals surface area contributed by atoms with Gasteiger partial charge in [-0.25, -0.2) is 12.7 Å². The summed E-state index contributed by atoms with van der Waals surface area (Å²) < 4.78 is 34.9. The lowest BCUT2D eigenvalue weighted by Gasteiger charge is -2.28. The molecule has 1 aliphatic carbocycles. The van der Waals surface area contributed by atoms with Crippen molar-refractivity contribution in [2.45, 2.75) is 32.1 Å². The molecule has 0 amide bonds. The Bertz CT molecular complexity index is 628. The predicted octanol–water partition coefficient (Wildman–Crippen LogP) is 2.42. The van der Waals surface area contributed by atoms with Crippen molar-refractivity contribution < 1.29 is 22.7 Å². The molecule has 0 bridgehead atoms. The first kappa shape index (κ1) is 17.3. The Morgan fingerprint density at radius 1 is 1.17 bits per heavy atom. The van der Waals surface area contributed by atoms with Gasteiger partial charge in [-0.3, -0.25) is 4.79 Å². The molecular weight excluding hydrogens is 318 g/mol. The highest BCUT2D eigenvalue weighted by molar-refractivity contribution is 7.74. The Hall–Kier alpha value is -2.02. The molecule has 0 atom stereocenters. The van der Waals surface area contributed by atoms with E-state index in [9.17, 15) is 13.2 Å². The van der Waals surface area contributed by atoms with Crippen molar-refractivity contribution in [2.75, 3.05) is 18.0 Å². The number of nitrogens with zero attached hydrogens (tertiary/aromatic N) is 1. The first-order valence-corrected chi connectivity index (χ1v) is 8.65. The monoisotopic (exact) mass is 339 g/mol. The molecule has 0 saturated carbocycles. The largest absolute Gasteiger partial charge is 0.497 e. The summed E-state index contributed by atoms with van der Waals surface area (Å²) in [5, 5.41) is 0. The van der Waals surface area contributed by atoms with Gasteiger partial charge in [-0.15, -0.1) is 0 Å². The van der Waals surface area contributed by atoms with Crippen molar-refractivity contribution in [2.24, 2.45) is 0 Å². The molecule has 0 heterocycles. The topological polar surface area (TPSA) is 72.9 Å². The van der Waals surface area contributed by atoms with Crippen LogP contribution in [0.5, 0.6) is 5.75 Å². The minimum atomic E-state index is -2.80. The van der Waals surface area contributed by atoms with Crippen molar-refractivity contribution >= 4 is 23.0 Å². The fourth-order valence-electron chi connectivity index (χ4n) is 2.78. The van der Waals surface area contributed by atoms with Crippen LogP contribution in [-0.4, -0.2) is 28.6 Å². The second-order valence-corrected chi connectivity index (χ2v) is 6.10. The maximum atomic E-state index is 11.8. The summed E-state index contributed by atoms with van der Waals surface area (Å²) in [5.41, 5.74) is 2.42. The van der Waals surface area contributed by atoms with Crippen molar-refractivity contribution in [3.63, 3.8) is 0 Å². The van der Waals surface area contributed by atoms with Gasteiger partial charge in [0.2, 0.25) is 10.9 Å². The Morgan fingerprint density at radius 3 is 2.48 bits per heavy atom. The van der Waals surface area contributed by atoms with Gasteiger partial charge in [0.1, 0.15) is 5.75 Å². The molecule has 23 heavy (non-hydrogen) atoms. The summed E-state index contributed by atoms with van der Waals surface area (Å²) in [7, 11) is -1.23. The standard InChI is InChI=1S/C16H21NO5S/c1-21-15-8-6-14(7-9-15)17(23(19)20)16-5-3-2-4-13(16)10-11-22-12-18/h6-9,12,23H,2-5,10-11H2,1H3. The number of carbonyl (C=O) groups excluding carboxylic acids is 1. The molecule has 126 valence electrons. The van der Waals surface area contributed by atoms with E-state index < -0.39 is 10.9 Å². The van der Waals surface area contributed by atoms with Crippen LogP contribution in [0.1, 0.15) is 32.1 Å². The molecule has 0 aromatic heterocycles. The van der Waals surface area contributed by atoms with Gasteiger partial charge in [0, 0.05) is 12.1 Å². The van der Waals surface area contributed by atoms with Crippen LogP contribution in [-0.2, 0) is 20.4 Å². The second-order valence-electron chi connectivity index (χ2n) is 5.22. The minimum Gasteiger partial charge on any atom is -0.497 e. The fraction of sp³-hybridized carbons (Fsp3) is 0.438. The lowest BCUT2D eigenvalue weighted by Crippen LogP contribution is -2.24. The molecule has 0 spiro atoms. The van der Waals surface area contributed by atoms with Crippen LogP contribution in [0, 0.1) is 0 Å². The molecule has 0 fully saturated rings. The molecule has 1 aliphatic rings. The summed E-state index contributed by atoms with van der Waals surface area (Å²) >= 11 is 0. The van der Waals surface area contributed by atoms with Gasteiger partial charge < -0.3 is 9.47 Å². The van der Waals surface area contributed by atoms with E-state index in [1.165, 1.54) is 4.31 Å². The molecule has 0 saturated heterocycles. The molecular formula is C16H21NO5S. The molecule has 0 unspecified atom stereocenters. The summed E-state index contributed by atoms with van der Waals surface area (Å²) in [6.07, 6.45) is 4.05. The molecule has 7 heteroatoms. The Balaban J connectivity index is 2.34. The third kappa shape index (κ3) is 4.48. The van der Waals surface area contributed by atoms with Gasteiger partial charge in [-0.05, 0) is 55.5 Å². The zero-order valence-electron chi connectivity index (χ0n) is 13.1. The first-order valence-electron chi connectivity index (χ1n) is 7.52. The lowest BCUT2D eigenvalue weighted by molar-refractivity contribution is -0.128. The van der Waals surface area contributed by atoms with E-state index in [1.54, 1.807) is 31.4 Å². The number of carbonyl (C=O) groups is 1. The average Bonchev–Trinajstić information content (AvgIpc) is 2.57. The number of thiol groups is 1. The summed E-state index contributed by atoms with van der Waals surface area (Å²) in [4.78, 5) is 10.3. The number of hydrogen-bond donors (Lipinski definition) is 1. The summed E-state index contributed by atoms with van der Waals surface area (Å²) in [6, 6.07) is 6.93. The van der Waals surface area contributed by atoms with Crippen molar-refractivity contribution in [3.8, 4) is 5.75 Å². The third-order valence-corrected chi connectivity index (χ3v) is 4.67. The highest BCUT2D eigenvalue weighted by Gasteiger charge is 2.21. The van der Waals surface area contributed by atoms with Crippen molar-refractivity contribution in [1.29, 1.82) is 0 Å². The van der Waals surface area contributed by atoms with Gasteiger partial charge in [0.15, 0.2) is 0 Å². The minimum absolute atomic E-state index is 0.272. The highest BCUT2D eigenvalue weighted by Crippen LogP contribution is 2.33. The van der Waals surface area contributed by atoms with E-state index in [2.05, 4.69) is 0 Å². The van der Waals surface area contributed by atoms with Crippen LogP contribution in [0.15, 0.2) is 35.5 Å². The highest BCUT2D eigenvalue weighted by atomic mass is 32.2. The Morgan fingerprint density at radius 2 is 1.87 bits per heavy atom. The van der Waals surface area contributed by atoms with Gasteiger partial charge in [0.05, 0.1) is 19.4 Å². The van der Waals surface area contributed by atoms with E-state index >= 15 is 0 Å². The Kier molecular flexibility index (Phi) is 6.46. The van der Waals surface area contributed by atoms with Crippen LogP contribution in [0.3, 0.4) is 0 Å². The van der Waals surface area contributed by atoms with Crippen LogP contribution in [0.4, 0.5) is 5.69 Å². The van der Waals surface area contributed by atoms with Gasteiger partial charge in [-0.2, -0.15) is 0 Å². The van der Waals surface area contributed by atoms with Crippen LogP contribution < -0.4 is 9.04 Å². The molecule has 0 radical (unpaired) electrons. The zero-order valence-corrected chi connectivity index (χ0v) is 14.0. The number of benzene rings is 1. The summed E-state index contributed by atoms with van der Waals surface area (Å²) in [6.45, 7) is 0.687. The Labute approximate surface area is 137 Å². The number of allylic oxidation sites excluding steroid dienone is 1. The van der Waals surface area contributed by atoms with Crippen LogP contribution in [0.2, 0.25) is 0 Å². The number of hydrogen-bond acceptors (Lipinski definition) is 5. The lowest BCUT2D eigenvalue weighted by atomic mass is 9.94. The number of ether oxygens (including phenoxy) is 2. The van der Waals surface area contributed by atoms with E-state index in [4.69, 9.17) is 9.47 Å². The fourth-order valence-corrected chi connectivity index (χ4v) is 3.54. The van der Waals surface area contributed by atoms with Gasteiger partial charge >= 0.3 is 0 Å². The van der Waals surface area contributed by atoms with Crippen molar-refractivity contribution in [3.05, 3.63) is 35.5 Å². The van der Waals surface area contributed by atoms with E-state index in [0.717, 1.165) is 30.5 Å². The van der Waals surface area contributed by atoms with E-state index in [-0.39, 0.29) is 6.61 Å². The smallest absolute Gasteiger partial charge is 0.293 e. The van der Waals surface area contributed by atoms with Crippen LogP contribution >= 0.6 is 0 Å². The zero-order chi connectivity index (χ0) is 16.7. The number of rotatable bonds is 8. The number of methoxy groups -OCH3 is 1. The van der Waals surface area contributed by atoms with E-state index in [1.807, 2.05) is 0 Å². The van der Waals surface area contributed by atoms with Crippen LogP contribution in [0.25, 0.3) is 0 Å². The quantitative estimate of drug-likeness (QED) is 0.447. The van der Waals surface area contributed by atoms with Crippen molar-refractivity contribution in [1.82, 2.24) is 0 Å². The van der Waals surface area contributed by atoms with Gasteiger partial charge in [-0.1, -0.05) is 0 Å². The number of anilines is 1. The predicted molar refractivity (Wildman–Crippen MR) is 87.9 cm³/mol. The molecule has 1 aromatic carbocycles. The normalized spacial score (nSPS) is 14.7. The molecule has 6 nitrogen and oxygen atoms in total. The molecule has 0 aliphatic heterocycles. The SMILES string of the molecule is COc1ccc(N(C2=C(CCOC=O)CCCC2)[SH](=O)=O)cc1. The van der Waals surface area contributed by atoms with E-state index in [0.29, 0.717) is 30.8 Å². The average molecular weight is 339 g/mol. The summed E-state index contributed by atoms with van der Waals surface area (Å²) in [5.74, 6) is 0.673. The molecule has 1 aromatic rings. The van der Waals surface area contributed by atoms with Gasteiger partial charge in [0.25, 0.3) is 6.47 Å².